The number of aliphatic carboxylic acids is 1. The molecule has 1 heterocycles. The van der Waals surface area contributed by atoms with E-state index in [2.05, 4.69) is 21.2 Å². The van der Waals surface area contributed by atoms with E-state index in [9.17, 15) is 9.59 Å². The average molecular weight is 320 g/mol. The Kier molecular flexibility index (Phi) is 5.64. The van der Waals surface area contributed by atoms with E-state index in [4.69, 9.17) is 5.11 Å². The number of nitrogens with one attached hydrogen (secondary N) is 1. The molecule has 1 aromatic rings. The van der Waals surface area contributed by atoms with Crippen LogP contribution in [0.15, 0.2) is 15.9 Å². The van der Waals surface area contributed by atoms with Crippen LogP contribution in [-0.2, 0) is 4.79 Å². The number of thiophene rings is 1. The molecule has 0 bridgehead atoms. The monoisotopic (exact) mass is 319 g/mol. The highest BCUT2D eigenvalue weighted by Crippen LogP contribution is 2.19. The molecule has 1 atom stereocenters. The summed E-state index contributed by atoms with van der Waals surface area (Å²) in [5, 5.41) is 13.3. The number of amides is 1. The maximum absolute atomic E-state index is 11.8. The lowest BCUT2D eigenvalue weighted by molar-refractivity contribution is -0.139. The van der Waals surface area contributed by atoms with E-state index in [1.54, 1.807) is 11.4 Å². The molecule has 0 radical (unpaired) electrons. The van der Waals surface area contributed by atoms with Gasteiger partial charge in [-0.3, -0.25) is 4.79 Å². The van der Waals surface area contributed by atoms with Crippen molar-refractivity contribution in [1.82, 2.24) is 5.32 Å². The Balaban J connectivity index is 2.60. The summed E-state index contributed by atoms with van der Waals surface area (Å²) in [6.45, 7) is 1.98. The van der Waals surface area contributed by atoms with Gasteiger partial charge in [-0.1, -0.05) is 19.8 Å². The standard InChI is InChI=1S/C11H14BrNO3S/c1-2-3-4-8(11(15)16)13-10(14)9-5-7(12)6-17-9/h5-6,8H,2-4H2,1H3,(H,13,14)(H,15,16)/t8-/m0/s1. The van der Waals surface area contributed by atoms with Crippen LogP contribution in [0.1, 0.15) is 35.9 Å². The summed E-state index contributed by atoms with van der Waals surface area (Å²) in [5.41, 5.74) is 0. The Morgan fingerprint density at radius 1 is 1.59 bits per heavy atom. The Morgan fingerprint density at radius 2 is 2.29 bits per heavy atom. The van der Waals surface area contributed by atoms with Crippen LogP contribution in [0.5, 0.6) is 0 Å². The molecule has 0 aliphatic heterocycles. The molecule has 0 aliphatic rings. The van der Waals surface area contributed by atoms with Crippen molar-refractivity contribution in [2.24, 2.45) is 0 Å². The lowest BCUT2D eigenvalue weighted by Gasteiger charge is -2.13. The molecule has 2 N–H and O–H groups in total. The molecule has 1 amide bonds. The van der Waals surface area contributed by atoms with E-state index in [0.29, 0.717) is 11.3 Å². The number of carbonyl (C=O) groups excluding carboxylic acids is 1. The highest BCUT2D eigenvalue weighted by atomic mass is 79.9. The second-order valence-corrected chi connectivity index (χ2v) is 5.46. The first-order chi connectivity index (χ1) is 8.04. The van der Waals surface area contributed by atoms with E-state index in [-0.39, 0.29) is 5.91 Å². The van der Waals surface area contributed by atoms with Gasteiger partial charge in [0, 0.05) is 9.85 Å². The van der Waals surface area contributed by atoms with Gasteiger partial charge in [0.2, 0.25) is 0 Å². The number of halogens is 1. The predicted molar refractivity (Wildman–Crippen MR) is 70.4 cm³/mol. The second-order valence-electron chi connectivity index (χ2n) is 3.64. The number of hydrogen-bond donors (Lipinski definition) is 2. The van der Waals surface area contributed by atoms with Gasteiger partial charge in [0.15, 0.2) is 0 Å². The van der Waals surface area contributed by atoms with Crippen LogP contribution in [0.3, 0.4) is 0 Å². The fraction of sp³-hybridized carbons (Fsp3) is 0.455. The van der Waals surface area contributed by atoms with Crippen LogP contribution < -0.4 is 5.32 Å². The largest absolute Gasteiger partial charge is 0.480 e. The maximum Gasteiger partial charge on any atom is 0.326 e. The topological polar surface area (TPSA) is 66.4 Å². The zero-order valence-electron chi connectivity index (χ0n) is 9.40. The van der Waals surface area contributed by atoms with Gasteiger partial charge in [-0.05, 0) is 28.4 Å². The van der Waals surface area contributed by atoms with Crippen LogP contribution in [0.25, 0.3) is 0 Å². The van der Waals surface area contributed by atoms with Crippen molar-refractivity contribution < 1.29 is 14.7 Å². The summed E-state index contributed by atoms with van der Waals surface area (Å²) < 4.78 is 0.827. The lowest BCUT2D eigenvalue weighted by Crippen LogP contribution is -2.40. The van der Waals surface area contributed by atoms with Gasteiger partial charge in [-0.15, -0.1) is 11.3 Å². The van der Waals surface area contributed by atoms with Gasteiger partial charge in [0.1, 0.15) is 6.04 Å². The Morgan fingerprint density at radius 3 is 2.76 bits per heavy atom. The minimum Gasteiger partial charge on any atom is -0.480 e. The van der Waals surface area contributed by atoms with Crippen LogP contribution in [0.2, 0.25) is 0 Å². The third-order valence-electron chi connectivity index (χ3n) is 2.24. The molecule has 0 aromatic carbocycles. The molecular formula is C11H14BrNO3S. The number of hydrogen-bond acceptors (Lipinski definition) is 3. The van der Waals surface area contributed by atoms with E-state index < -0.39 is 12.0 Å². The summed E-state index contributed by atoms with van der Waals surface area (Å²) in [6.07, 6.45) is 2.15. The van der Waals surface area contributed by atoms with Crippen molar-refractivity contribution in [3.8, 4) is 0 Å². The molecule has 94 valence electrons. The Bertz CT molecular complexity index is 405. The minimum absolute atomic E-state index is 0.329. The van der Waals surface area contributed by atoms with Crippen LogP contribution >= 0.6 is 27.3 Å². The molecule has 0 spiro atoms. The van der Waals surface area contributed by atoms with Gasteiger partial charge in [0.25, 0.3) is 5.91 Å². The summed E-state index contributed by atoms with van der Waals surface area (Å²) in [4.78, 5) is 23.2. The predicted octanol–water partition coefficient (Wildman–Crippen LogP) is 2.88. The normalized spacial score (nSPS) is 12.1. The van der Waals surface area contributed by atoms with Crippen molar-refractivity contribution >= 4 is 39.1 Å². The SMILES string of the molecule is CCCC[C@H](NC(=O)c1cc(Br)cs1)C(=O)O. The Labute approximate surface area is 112 Å². The first-order valence-corrected chi connectivity index (χ1v) is 6.99. The molecule has 1 aromatic heterocycles. The molecular weight excluding hydrogens is 306 g/mol. The fourth-order valence-electron chi connectivity index (χ4n) is 1.33. The van der Waals surface area contributed by atoms with Gasteiger partial charge < -0.3 is 10.4 Å². The first-order valence-electron chi connectivity index (χ1n) is 5.32. The number of carboxylic acid groups (broad SMARTS) is 1. The van der Waals surface area contributed by atoms with Crippen molar-refractivity contribution in [3.63, 3.8) is 0 Å². The molecule has 0 aliphatic carbocycles. The van der Waals surface area contributed by atoms with Crippen LogP contribution in [0.4, 0.5) is 0 Å². The van der Waals surface area contributed by atoms with E-state index >= 15 is 0 Å². The molecule has 4 nitrogen and oxygen atoms in total. The smallest absolute Gasteiger partial charge is 0.326 e. The molecule has 0 saturated carbocycles. The lowest BCUT2D eigenvalue weighted by atomic mass is 10.1. The minimum atomic E-state index is -0.984. The van der Waals surface area contributed by atoms with E-state index in [0.717, 1.165) is 17.3 Å². The average Bonchev–Trinajstić information content (AvgIpc) is 2.70. The summed E-state index contributed by atoms with van der Waals surface area (Å²) in [5.74, 6) is -1.31. The van der Waals surface area contributed by atoms with Crippen molar-refractivity contribution in [2.45, 2.75) is 32.2 Å². The van der Waals surface area contributed by atoms with Crippen molar-refractivity contribution in [2.75, 3.05) is 0 Å². The zero-order chi connectivity index (χ0) is 12.8. The van der Waals surface area contributed by atoms with Gasteiger partial charge in [0.05, 0.1) is 4.88 Å². The van der Waals surface area contributed by atoms with Gasteiger partial charge in [-0.25, -0.2) is 4.79 Å². The Hall–Kier alpha value is -0.880. The third-order valence-corrected chi connectivity index (χ3v) is 3.93. The quantitative estimate of drug-likeness (QED) is 0.847. The molecule has 0 saturated heterocycles. The molecule has 0 unspecified atom stereocenters. The van der Waals surface area contributed by atoms with E-state index in [1.807, 2.05) is 6.92 Å². The fourth-order valence-corrected chi connectivity index (χ4v) is 2.66. The van der Waals surface area contributed by atoms with Crippen LogP contribution in [-0.4, -0.2) is 23.0 Å². The molecule has 17 heavy (non-hydrogen) atoms. The summed E-state index contributed by atoms with van der Waals surface area (Å²) >= 11 is 4.53. The van der Waals surface area contributed by atoms with Gasteiger partial charge in [-0.2, -0.15) is 0 Å². The van der Waals surface area contributed by atoms with Gasteiger partial charge >= 0.3 is 5.97 Å². The summed E-state index contributed by atoms with van der Waals surface area (Å²) in [6, 6.07) is 0.877. The molecule has 1 rings (SSSR count). The molecule has 0 fully saturated rings. The maximum atomic E-state index is 11.8. The van der Waals surface area contributed by atoms with Crippen molar-refractivity contribution in [1.29, 1.82) is 0 Å². The first kappa shape index (κ1) is 14.2. The van der Waals surface area contributed by atoms with E-state index in [1.165, 1.54) is 11.3 Å². The second kappa shape index (κ2) is 6.76. The number of carboxylic acids is 1. The number of rotatable bonds is 6. The summed E-state index contributed by atoms with van der Waals surface area (Å²) in [7, 11) is 0. The third kappa shape index (κ3) is 4.47. The molecule has 6 heteroatoms. The highest BCUT2D eigenvalue weighted by Gasteiger charge is 2.20. The zero-order valence-corrected chi connectivity index (χ0v) is 11.8. The van der Waals surface area contributed by atoms with Crippen molar-refractivity contribution in [3.05, 3.63) is 20.8 Å². The number of carbonyl (C=O) groups is 2. The van der Waals surface area contributed by atoms with Crippen LogP contribution in [0, 0.1) is 0 Å². The number of unbranched alkanes of at least 4 members (excludes halogenated alkanes) is 1. The highest BCUT2D eigenvalue weighted by molar-refractivity contribution is 9.10.